The molecule has 8 heteroatoms. The first-order valence-electron chi connectivity index (χ1n) is 4.80. The third-order valence-corrected chi connectivity index (χ3v) is 5.69. The Labute approximate surface area is 96.4 Å². The monoisotopic (exact) mass is 273 g/mol. The Balaban J connectivity index is 1.94. The van der Waals surface area contributed by atoms with Gasteiger partial charge in [0.05, 0.1) is 0 Å². The number of hydrogen-bond donors (Lipinski definition) is 1. The van der Waals surface area contributed by atoms with E-state index in [0.29, 0.717) is 0 Å². The van der Waals surface area contributed by atoms with Crippen molar-refractivity contribution in [1.29, 1.82) is 0 Å². The normalized spacial score (nSPS) is 31.2. The fourth-order valence-electron chi connectivity index (χ4n) is 1.46. The molecule has 2 saturated carbocycles. The first-order chi connectivity index (χ1) is 7.27. The van der Waals surface area contributed by atoms with Crippen molar-refractivity contribution < 1.29 is 22.0 Å². The van der Waals surface area contributed by atoms with Crippen LogP contribution in [-0.2, 0) is 14.8 Å². The van der Waals surface area contributed by atoms with Crippen molar-refractivity contribution >= 4 is 27.5 Å². The van der Waals surface area contributed by atoms with Gasteiger partial charge in [0.25, 0.3) is 10.0 Å². The molecule has 0 aromatic heterocycles. The smallest absolute Gasteiger partial charge is 0.254 e. The van der Waals surface area contributed by atoms with Crippen molar-refractivity contribution in [3.8, 4) is 0 Å². The van der Waals surface area contributed by atoms with E-state index < -0.39 is 38.4 Å². The molecule has 1 N–H and O–H groups in total. The third-order valence-electron chi connectivity index (χ3n) is 2.86. The van der Waals surface area contributed by atoms with E-state index in [2.05, 4.69) is 0 Å². The van der Waals surface area contributed by atoms with Gasteiger partial charge in [0.1, 0.15) is 0 Å². The summed E-state index contributed by atoms with van der Waals surface area (Å²) >= 11 is 5.65. The van der Waals surface area contributed by atoms with Crippen LogP contribution in [0, 0.1) is 11.8 Å². The highest BCUT2D eigenvalue weighted by atomic mass is 35.5. The van der Waals surface area contributed by atoms with E-state index in [-0.39, 0.29) is 19.3 Å². The van der Waals surface area contributed by atoms with Gasteiger partial charge in [-0.1, -0.05) is 11.6 Å². The first-order valence-corrected chi connectivity index (χ1v) is 6.66. The molecule has 0 bridgehead atoms. The number of halogens is 3. The van der Waals surface area contributed by atoms with Gasteiger partial charge in [-0.2, -0.15) is 0 Å². The van der Waals surface area contributed by atoms with Crippen molar-refractivity contribution in [1.82, 2.24) is 4.72 Å². The lowest BCUT2D eigenvalue weighted by Crippen LogP contribution is -2.38. The molecular formula is C8H10ClF2NO3S. The van der Waals surface area contributed by atoms with Crippen molar-refractivity contribution in [3.05, 3.63) is 0 Å². The summed E-state index contributed by atoms with van der Waals surface area (Å²) in [6, 6.07) is 0. The number of carbonyl (C=O) groups is 1. The van der Waals surface area contributed by atoms with Crippen LogP contribution in [0.25, 0.3) is 0 Å². The second kappa shape index (κ2) is 3.53. The Morgan fingerprint density at radius 1 is 1.44 bits per heavy atom. The van der Waals surface area contributed by atoms with Gasteiger partial charge >= 0.3 is 0 Å². The van der Waals surface area contributed by atoms with Gasteiger partial charge in [-0.05, 0) is 19.3 Å². The molecule has 1 amide bonds. The van der Waals surface area contributed by atoms with Crippen LogP contribution in [0.3, 0.4) is 0 Å². The number of amides is 1. The highest BCUT2D eigenvalue weighted by Gasteiger charge is 2.56. The van der Waals surface area contributed by atoms with E-state index in [1.165, 1.54) is 0 Å². The standard InChI is InChI=1S/C8H10ClF2NO3S/c9-8(1-2-8)16(14,15)12-7(13)5-3-4(5)6(10)11/h4-6H,1-3H2,(H,12,13)/t4-,5+/m1/s1. The quantitative estimate of drug-likeness (QED) is 0.779. The van der Waals surface area contributed by atoms with Gasteiger partial charge in [-0.25, -0.2) is 17.2 Å². The number of sulfonamides is 1. The first kappa shape index (κ1) is 12.0. The number of alkyl halides is 3. The molecule has 92 valence electrons. The summed E-state index contributed by atoms with van der Waals surface area (Å²) < 4.78 is 47.6. The van der Waals surface area contributed by atoms with Crippen molar-refractivity contribution in [2.45, 2.75) is 29.9 Å². The zero-order valence-corrected chi connectivity index (χ0v) is 9.69. The molecule has 0 aromatic rings. The molecule has 2 fully saturated rings. The third kappa shape index (κ3) is 2.02. The molecule has 2 atom stereocenters. The summed E-state index contributed by atoms with van der Waals surface area (Å²) in [5.41, 5.74) is 0. The minimum absolute atomic E-state index is 0.0360. The Morgan fingerprint density at radius 3 is 2.38 bits per heavy atom. The molecular weight excluding hydrogens is 264 g/mol. The predicted octanol–water partition coefficient (Wildman–Crippen LogP) is 1.06. The van der Waals surface area contributed by atoms with Crippen LogP contribution in [0.5, 0.6) is 0 Å². The molecule has 16 heavy (non-hydrogen) atoms. The second-order valence-electron chi connectivity index (χ2n) is 4.19. The number of nitrogens with one attached hydrogen (secondary N) is 1. The minimum atomic E-state index is -3.92. The fraction of sp³-hybridized carbons (Fsp3) is 0.875. The molecule has 0 radical (unpaired) electrons. The molecule has 0 saturated heterocycles. The van der Waals surface area contributed by atoms with E-state index >= 15 is 0 Å². The lowest BCUT2D eigenvalue weighted by molar-refractivity contribution is -0.121. The highest BCUT2D eigenvalue weighted by molar-refractivity contribution is 7.93. The molecule has 4 nitrogen and oxygen atoms in total. The summed E-state index contributed by atoms with van der Waals surface area (Å²) in [5.74, 6) is -2.77. The summed E-state index contributed by atoms with van der Waals surface area (Å²) in [5, 5.41) is 0. The van der Waals surface area contributed by atoms with E-state index in [1.807, 2.05) is 0 Å². The average molecular weight is 274 g/mol. The van der Waals surface area contributed by atoms with Gasteiger partial charge in [-0.3, -0.25) is 9.52 Å². The Hall–Kier alpha value is -0.430. The zero-order chi connectivity index (χ0) is 12.1. The Bertz CT molecular complexity index is 421. The highest BCUT2D eigenvalue weighted by Crippen LogP contribution is 2.48. The van der Waals surface area contributed by atoms with Gasteiger partial charge in [0.15, 0.2) is 4.21 Å². The van der Waals surface area contributed by atoms with E-state index in [0.717, 1.165) is 0 Å². The van der Waals surface area contributed by atoms with Crippen LogP contribution in [0.4, 0.5) is 8.78 Å². The molecule has 0 aromatic carbocycles. The van der Waals surface area contributed by atoms with E-state index in [4.69, 9.17) is 11.6 Å². The topological polar surface area (TPSA) is 63.2 Å². The predicted molar refractivity (Wildman–Crippen MR) is 52.5 cm³/mol. The van der Waals surface area contributed by atoms with E-state index in [9.17, 15) is 22.0 Å². The summed E-state index contributed by atoms with van der Waals surface area (Å²) in [7, 11) is -3.92. The SMILES string of the molecule is O=C(NS(=O)(=O)C1(Cl)CC1)[C@H]1C[C@H]1C(F)F. The molecule has 0 aliphatic heterocycles. The van der Waals surface area contributed by atoms with Gasteiger partial charge < -0.3 is 0 Å². The maximum absolute atomic E-state index is 12.2. The Morgan fingerprint density at radius 2 is 2.00 bits per heavy atom. The Kier molecular flexibility index (Phi) is 2.66. The zero-order valence-electron chi connectivity index (χ0n) is 8.12. The van der Waals surface area contributed by atoms with Gasteiger partial charge in [0, 0.05) is 11.8 Å². The van der Waals surface area contributed by atoms with E-state index in [1.54, 1.807) is 4.72 Å². The second-order valence-corrected chi connectivity index (χ2v) is 7.13. The lowest BCUT2D eigenvalue weighted by Gasteiger charge is -2.09. The number of rotatable bonds is 4. The van der Waals surface area contributed by atoms with Gasteiger partial charge in [0.2, 0.25) is 12.3 Å². The van der Waals surface area contributed by atoms with Crippen LogP contribution in [0.2, 0.25) is 0 Å². The van der Waals surface area contributed by atoms with Crippen LogP contribution >= 0.6 is 11.6 Å². The summed E-state index contributed by atoms with van der Waals surface area (Å²) in [6.07, 6.45) is -1.99. The largest absolute Gasteiger partial charge is 0.274 e. The van der Waals surface area contributed by atoms with Gasteiger partial charge in [-0.15, -0.1) is 0 Å². The molecule has 0 spiro atoms. The molecule has 0 heterocycles. The summed E-state index contributed by atoms with van der Waals surface area (Å²) in [4.78, 5) is 11.3. The molecule has 2 rings (SSSR count). The van der Waals surface area contributed by atoms with Crippen molar-refractivity contribution in [2.24, 2.45) is 11.8 Å². The summed E-state index contributed by atoms with van der Waals surface area (Å²) in [6.45, 7) is 0. The van der Waals surface area contributed by atoms with Crippen LogP contribution < -0.4 is 4.72 Å². The van der Waals surface area contributed by atoms with Crippen molar-refractivity contribution in [2.75, 3.05) is 0 Å². The van der Waals surface area contributed by atoms with Crippen LogP contribution in [0.15, 0.2) is 0 Å². The number of carbonyl (C=O) groups excluding carboxylic acids is 1. The van der Waals surface area contributed by atoms with Crippen LogP contribution in [0.1, 0.15) is 19.3 Å². The maximum Gasteiger partial charge on any atom is 0.254 e. The van der Waals surface area contributed by atoms with Crippen molar-refractivity contribution in [3.63, 3.8) is 0 Å². The molecule has 2 aliphatic carbocycles. The molecule has 0 unspecified atom stereocenters. The minimum Gasteiger partial charge on any atom is -0.274 e. The average Bonchev–Trinajstić information content (AvgIpc) is 2.93. The lowest BCUT2D eigenvalue weighted by atomic mass is 10.3. The molecule has 2 aliphatic rings. The van der Waals surface area contributed by atoms with Crippen LogP contribution in [-0.4, -0.2) is 25.0 Å². The fourth-order valence-corrected chi connectivity index (χ4v) is 2.91. The number of hydrogen-bond acceptors (Lipinski definition) is 3. The maximum atomic E-state index is 12.2.